The molecule has 0 unspecified atom stereocenters. The second-order valence-electron chi connectivity index (χ2n) is 4.03. The van der Waals surface area contributed by atoms with Crippen LogP contribution in [-0.2, 0) is 13.1 Å². The molecule has 0 amide bonds. The Labute approximate surface area is 111 Å². The molecule has 18 heavy (non-hydrogen) atoms. The number of benzene rings is 1. The van der Waals surface area contributed by atoms with E-state index >= 15 is 0 Å². The highest BCUT2D eigenvalue weighted by Crippen LogP contribution is 2.11. The smallest absolute Gasteiger partial charge is 0.245 e. The van der Waals surface area contributed by atoms with Crippen molar-refractivity contribution in [1.82, 2.24) is 13.9 Å². The molecule has 0 saturated carbocycles. The highest BCUT2D eigenvalue weighted by Gasteiger charge is 2.19. The lowest BCUT2D eigenvalue weighted by Gasteiger charge is -2.11. The Morgan fingerprint density at radius 1 is 1.00 bits per heavy atom. The van der Waals surface area contributed by atoms with Crippen molar-refractivity contribution < 1.29 is 0 Å². The van der Waals surface area contributed by atoms with Crippen molar-refractivity contribution in [2.75, 3.05) is 0 Å². The van der Waals surface area contributed by atoms with Crippen molar-refractivity contribution in [3.8, 4) is 5.69 Å². The molecule has 0 bridgehead atoms. The molecule has 1 aliphatic rings. The quantitative estimate of drug-likeness (QED) is 0.792. The molecule has 1 aliphatic heterocycles. The number of halogens is 1. The summed E-state index contributed by atoms with van der Waals surface area (Å²) in [6, 6.07) is 8.95. The molecule has 1 aromatic heterocycles. The fourth-order valence-corrected chi connectivity index (χ4v) is 2.42. The van der Waals surface area contributed by atoms with Gasteiger partial charge in [0.15, 0.2) is 0 Å². The maximum absolute atomic E-state index is 12.2. The van der Waals surface area contributed by atoms with E-state index in [-0.39, 0.29) is 11.4 Å². The largest absolute Gasteiger partial charge is 0.352 e. The van der Waals surface area contributed by atoms with E-state index in [0.717, 1.165) is 4.48 Å². The predicted molar refractivity (Wildman–Crippen MR) is 71.3 cm³/mol. The van der Waals surface area contributed by atoms with Crippen LogP contribution in [-0.4, -0.2) is 13.9 Å². The summed E-state index contributed by atoms with van der Waals surface area (Å²) in [6.07, 6.45) is 1.89. The van der Waals surface area contributed by atoms with Gasteiger partial charge >= 0.3 is 11.4 Å². The minimum absolute atomic E-state index is 0.303. The fraction of sp³-hybridized carbons (Fsp3) is 0.167. The molecule has 0 atom stereocenters. The third-order valence-electron chi connectivity index (χ3n) is 2.92. The molecular formula is C12H10BrN3O2. The van der Waals surface area contributed by atoms with E-state index in [1.807, 2.05) is 12.1 Å². The van der Waals surface area contributed by atoms with Crippen molar-refractivity contribution in [1.29, 1.82) is 0 Å². The summed E-state index contributed by atoms with van der Waals surface area (Å²) in [7, 11) is 0. The Kier molecular flexibility index (Phi) is 2.59. The minimum atomic E-state index is -0.309. The maximum Gasteiger partial charge on any atom is 0.352 e. The van der Waals surface area contributed by atoms with E-state index in [0.29, 0.717) is 18.8 Å². The van der Waals surface area contributed by atoms with Crippen molar-refractivity contribution >= 4 is 15.9 Å². The predicted octanol–water partition coefficient (Wildman–Crippen LogP) is 1.09. The zero-order valence-corrected chi connectivity index (χ0v) is 11.0. The second kappa shape index (κ2) is 4.13. The summed E-state index contributed by atoms with van der Waals surface area (Å²) in [5.74, 6) is 0. The summed E-state index contributed by atoms with van der Waals surface area (Å²) < 4.78 is 4.99. The number of hydrogen-bond acceptors (Lipinski definition) is 2. The van der Waals surface area contributed by atoms with Crippen molar-refractivity contribution in [3.63, 3.8) is 0 Å². The molecule has 2 aromatic rings. The highest BCUT2D eigenvalue weighted by molar-refractivity contribution is 9.11. The van der Waals surface area contributed by atoms with Gasteiger partial charge in [0.2, 0.25) is 0 Å². The van der Waals surface area contributed by atoms with Crippen LogP contribution in [0.2, 0.25) is 0 Å². The average Bonchev–Trinajstić information content (AvgIpc) is 2.63. The van der Waals surface area contributed by atoms with Crippen LogP contribution in [0.3, 0.4) is 0 Å². The van der Waals surface area contributed by atoms with Gasteiger partial charge in [0.05, 0.1) is 18.8 Å². The van der Waals surface area contributed by atoms with Gasteiger partial charge in [0.1, 0.15) is 0 Å². The van der Waals surface area contributed by atoms with Crippen LogP contribution in [0.15, 0.2) is 50.5 Å². The molecule has 5 nitrogen and oxygen atoms in total. The third kappa shape index (κ3) is 1.60. The Bertz CT molecular complexity index is 737. The lowest BCUT2D eigenvalue weighted by atomic mass is 10.3. The van der Waals surface area contributed by atoms with Crippen LogP contribution in [0, 0.1) is 0 Å². The SMILES string of the molecule is O=c1n(-c2ccccc2)c(=O)n2n1CC=C(Br)C2. The van der Waals surface area contributed by atoms with Gasteiger partial charge in [-0.25, -0.2) is 23.5 Å². The number of hydrogen-bond donors (Lipinski definition) is 0. The van der Waals surface area contributed by atoms with E-state index in [1.165, 1.54) is 13.9 Å². The molecule has 0 aliphatic carbocycles. The van der Waals surface area contributed by atoms with Gasteiger partial charge in [-0.15, -0.1) is 0 Å². The average molecular weight is 308 g/mol. The minimum Gasteiger partial charge on any atom is -0.245 e. The van der Waals surface area contributed by atoms with E-state index in [2.05, 4.69) is 15.9 Å². The Morgan fingerprint density at radius 3 is 2.39 bits per heavy atom. The topological polar surface area (TPSA) is 48.9 Å². The van der Waals surface area contributed by atoms with Gasteiger partial charge < -0.3 is 0 Å². The normalized spacial score (nSPS) is 14.2. The molecular weight excluding hydrogens is 298 g/mol. The molecule has 2 heterocycles. The van der Waals surface area contributed by atoms with Gasteiger partial charge in [0.25, 0.3) is 0 Å². The van der Waals surface area contributed by atoms with Gasteiger partial charge in [0, 0.05) is 4.48 Å². The lowest BCUT2D eigenvalue weighted by Crippen LogP contribution is -2.29. The van der Waals surface area contributed by atoms with Crippen LogP contribution >= 0.6 is 15.9 Å². The second-order valence-corrected chi connectivity index (χ2v) is 5.05. The van der Waals surface area contributed by atoms with Crippen LogP contribution < -0.4 is 11.4 Å². The molecule has 0 fully saturated rings. The van der Waals surface area contributed by atoms with Gasteiger partial charge in [-0.3, -0.25) is 0 Å². The monoisotopic (exact) mass is 307 g/mol. The van der Waals surface area contributed by atoms with E-state index in [4.69, 9.17) is 0 Å². The highest BCUT2D eigenvalue weighted by atomic mass is 79.9. The first-order valence-electron chi connectivity index (χ1n) is 5.51. The maximum atomic E-state index is 12.2. The fourth-order valence-electron chi connectivity index (χ4n) is 2.04. The first-order chi connectivity index (χ1) is 8.68. The lowest BCUT2D eigenvalue weighted by molar-refractivity contribution is 0.479. The first kappa shape index (κ1) is 11.3. The van der Waals surface area contributed by atoms with Gasteiger partial charge in [-0.2, -0.15) is 0 Å². The summed E-state index contributed by atoms with van der Waals surface area (Å²) in [4.78, 5) is 24.4. The van der Waals surface area contributed by atoms with Crippen LogP contribution in [0.25, 0.3) is 5.69 Å². The molecule has 6 heteroatoms. The zero-order chi connectivity index (χ0) is 12.7. The molecule has 1 aromatic carbocycles. The first-order valence-corrected chi connectivity index (χ1v) is 6.30. The third-order valence-corrected chi connectivity index (χ3v) is 3.49. The summed E-state index contributed by atoms with van der Waals surface area (Å²) in [5.41, 5.74) is -0.0169. The number of rotatable bonds is 1. The summed E-state index contributed by atoms with van der Waals surface area (Å²) >= 11 is 3.36. The van der Waals surface area contributed by atoms with Crippen LogP contribution in [0.4, 0.5) is 0 Å². The molecule has 0 saturated heterocycles. The van der Waals surface area contributed by atoms with Crippen molar-refractivity contribution in [2.45, 2.75) is 13.1 Å². The van der Waals surface area contributed by atoms with Crippen LogP contribution in [0.5, 0.6) is 0 Å². The van der Waals surface area contributed by atoms with Gasteiger partial charge in [-0.1, -0.05) is 40.2 Å². The summed E-state index contributed by atoms with van der Waals surface area (Å²) in [5, 5.41) is 0. The Balaban J connectivity index is 2.26. The summed E-state index contributed by atoms with van der Waals surface area (Å²) in [6.45, 7) is 0.808. The number of aromatic nitrogens is 3. The van der Waals surface area contributed by atoms with Gasteiger partial charge in [-0.05, 0) is 12.1 Å². The van der Waals surface area contributed by atoms with E-state index in [9.17, 15) is 9.59 Å². The van der Waals surface area contributed by atoms with Crippen molar-refractivity contribution in [3.05, 3.63) is 61.9 Å². The van der Waals surface area contributed by atoms with E-state index < -0.39 is 0 Å². The number of allylic oxidation sites excluding steroid dienone is 2. The Hall–Kier alpha value is -1.82. The van der Waals surface area contributed by atoms with E-state index in [1.54, 1.807) is 24.3 Å². The van der Waals surface area contributed by atoms with Crippen LogP contribution in [0.1, 0.15) is 0 Å². The van der Waals surface area contributed by atoms with Crippen molar-refractivity contribution in [2.24, 2.45) is 0 Å². The number of para-hydroxylation sites is 1. The standard InChI is InChI=1S/C12H10BrN3O2/c13-9-6-7-14-11(17)16(12(18)15(14)8-9)10-4-2-1-3-5-10/h1-6H,7-8H2. The molecule has 0 N–H and O–H groups in total. The molecule has 92 valence electrons. The molecule has 0 spiro atoms. The number of fused-ring (bicyclic) bond motifs is 1. The Morgan fingerprint density at radius 2 is 1.67 bits per heavy atom. The molecule has 0 radical (unpaired) electrons. The molecule has 3 rings (SSSR count). The number of nitrogens with zero attached hydrogens (tertiary/aromatic N) is 3. The zero-order valence-electron chi connectivity index (χ0n) is 9.41.